The van der Waals surface area contributed by atoms with Crippen LogP contribution < -0.4 is 5.32 Å². The van der Waals surface area contributed by atoms with Crippen LogP contribution in [0.2, 0.25) is 0 Å². The van der Waals surface area contributed by atoms with E-state index < -0.39 is 20.0 Å². The van der Waals surface area contributed by atoms with E-state index >= 15 is 0 Å². The second kappa shape index (κ2) is 59.8. The van der Waals surface area contributed by atoms with Gasteiger partial charge in [0.2, 0.25) is 5.91 Å². The number of likely N-dealkylation sites (N-methyl/N-ethyl adjacent to an activating group) is 1. The average Bonchev–Trinajstić information content (AvgIpc) is 3.43. The molecule has 0 radical (unpaired) electrons. The Morgan fingerprint density at radius 1 is 0.432 bits per heavy atom. The van der Waals surface area contributed by atoms with Crippen LogP contribution in [0.1, 0.15) is 278 Å². The smallest absolute Gasteiger partial charge is 0.456 e. The maximum atomic E-state index is 13.6. The maximum Gasteiger partial charge on any atom is 0.472 e. The number of carbonyl (C=O) groups is 2. The summed E-state index contributed by atoms with van der Waals surface area (Å²) in [4.78, 5) is 37.7. The summed E-state index contributed by atoms with van der Waals surface area (Å²) in [6.07, 6.45) is 82.5. The summed E-state index contributed by atoms with van der Waals surface area (Å²) in [5.74, 6) is -0.577. The SMILES string of the molecule is CCCCC/C=C\C/C=C\C/C=C\C/C=C\CCCCCCCCCCCCCC(=O)NC(COP(=O)(O)OCC[N+](C)(C)C)C(/C=C\CCCCCCCCCCC)OC(=O)CCC/C=C\C/C=C\C/C=C\C/C=C\CCCCC. The molecule has 9 nitrogen and oxygen atoms in total. The zero-order chi connectivity index (χ0) is 59.3. The maximum absolute atomic E-state index is 13.6. The highest BCUT2D eigenvalue weighted by atomic mass is 31.2. The Hall–Kier alpha value is -3.33. The Kier molecular flexibility index (Phi) is 57.4. The van der Waals surface area contributed by atoms with Crippen molar-refractivity contribution in [2.75, 3.05) is 40.9 Å². The number of hydrogen-bond donors (Lipinski definition) is 2. The molecule has 3 atom stereocenters. The summed E-state index contributed by atoms with van der Waals surface area (Å²) in [7, 11) is 1.45. The Morgan fingerprint density at radius 3 is 1.17 bits per heavy atom. The van der Waals surface area contributed by atoms with E-state index in [1.54, 1.807) is 0 Å². The van der Waals surface area contributed by atoms with E-state index in [4.69, 9.17) is 13.8 Å². The monoisotopic (exact) mass is 1150 g/mol. The van der Waals surface area contributed by atoms with Crippen molar-refractivity contribution in [1.82, 2.24) is 5.32 Å². The van der Waals surface area contributed by atoms with E-state index in [0.29, 0.717) is 23.9 Å². The third kappa shape index (κ3) is 61.1. The van der Waals surface area contributed by atoms with Gasteiger partial charge in [-0.3, -0.25) is 18.6 Å². The first kappa shape index (κ1) is 77.7. The van der Waals surface area contributed by atoms with Crippen molar-refractivity contribution in [3.8, 4) is 0 Å². The van der Waals surface area contributed by atoms with Crippen LogP contribution in [0.25, 0.3) is 0 Å². The zero-order valence-electron chi connectivity index (χ0n) is 53.2. The standard InChI is InChI=1S/C71H125N2O7P/c1-7-10-13-16-19-22-25-27-29-31-32-33-34-35-36-37-38-39-40-42-43-45-48-51-54-57-60-63-70(74)72-68(67-79-81(76,77)78-66-65-73(4,5)6)69(62-59-56-53-50-47-24-21-18-15-12-9-3)80-71(75)64-61-58-55-52-49-46-44-41-30-28-26-23-20-17-14-11-8-2/h19-20,22-23,27-30,32-33,35-36,44,46,52,55,59,62,68-69H,7-18,21,24-26,31,34,37-43,45,47-51,53-54,56-58,60-61,63-67H2,1-6H3,(H-,72,74,76,77)/p+1/b22-19-,23-20-,29-27-,30-28-,33-32-,36-35-,46-44-,55-52-,62-59-. The molecule has 466 valence electrons. The van der Waals surface area contributed by atoms with Crippen molar-refractivity contribution in [1.29, 1.82) is 0 Å². The Balaban J connectivity index is 5.14. The first-order valence-electron chi connectivity index (χ1n) is 33.2. The van der Waals surface area contributed by atoms with Gasteiger partial charge in [0.05, 0.1) is 33.8 Å². The summed E-state index contributed by atoms with van der Waals surface area (Å²) >= 11 is 0. The molecular weight excluding hydrogens is 1020 g/mol. The van der Waals surface area contributed by atoms with Gasteiger partial charge in [-0.15, -0.1) is 0 Å². The minimum Gasteiger partial charge on any atom is -0.456 e. The predicted molar refractivity (Wildman–Crippen MR) is 350 cm³/mol. The van der Waals surface area contributed by atoms with E-state index in [1.807, 2.05) is 33.3 Å². The van der Waals surface area contributed by atoms with E-state index in [9.17, 15) is 19.0 Å². The molecule has 2 N–H and O–H groups in total. The van der Waals surface area contributed by atoms with Crippen molar-refractivity contribution in [3.63, 3.8) is 0 Å². The van der Waals surface area contributed by atoms with Crippen molar-refractivity contribution in [3.05, 3.63) is 109 Å². The first-order chi connectivity index (χ1) is 39.4. The number of quaternary nitrogens is 1. The fourth-order valence-electron chi connectivity index (χ4n) is 9.03. The number of nitrogens with zero attached hydrogens (tertiary/aromatic N) is 1. The number of amides is 1. The van der Waals surface area contributed by atoms with E-state index in [2.05, 4.69) is 123 Å². The van der Waals surface area contributed by atoms with Gasteiger partial charge in [0, 0.05) is 12.8 Å². The van der Waals surface area contributed by atoms with E-state index in [-0.39, 0.29) is 31.5 Å². The predicted octanol–water partition coefficient (Wildman–Crippen LogP) is 20.9. The molecule has 0 aliphatic rings. The molecule has 0 aliphatic carbocycles. The van der Waals surface area contributed by atoms with Crippen molar-refractivity contribution < 1.29 is 37.3 Å². The molecule has 0 aromatic carbocycles. The van der Waals surface area contributed by atoms with Gasteiger partial charge < -0.3 is 19.4 Å². The number of ether oxygens (including phenoxy) is 1. The molecule has 1 amide bonds. The van der Waals surface area contributed by atoms with Crippen molar-refractivity contribution >= 4 is 19.7 Å². The lowest BCUT2D eigenvalue weighted by Crippen LogP contribution is -2.47. The van der Waals surface area contributed by atoms with Gasteiger partial charge in [-0.05, 0) is 115 Å². The topological polar surface area (TPSA) is 111 Å². The minimum absolute atomic E-state index is 0.0264. The van der Waals surface area contributed by atoms with Crippen LogP contribution in [0.5, 0.6) is 0 Å². The molecule has 10 heteroatoms. The molecular formula is C71H126N2O7P+. The van der Waals surface area contributed by atoms with Crippen LogP contribution in [-0.4, -0.2) is 74.3 Å². The normalized spacial score (nSPS) is 14.3. The number of phosphoric acid groups is 1. The van der Waals surface area contributed by atoms with Crippen molar-refractivity contribution in [2.24, 2.45) is 0 Å². The Labute approximate surface area is 500 Å². The number of hydrogen-bond acceptors (Lipinski definition) is 6. The van der Waals surface area contributed by atoms with Crippen molar-refractivity contribution in [2.45, 2.75) is 290 Å². The van der Waals surface area contributed by atoms with Crippen LogP contribution in [0.3, 0.4) is 0 Å². The van der Waals surface area contributed by atoms with E-state index in [0.717, 1.165) is 89.9 Å². The Morgan fingerprint density at radius 2 is 0.765 bits per heavy atom. The second-order valence-electron chi connectivity index (χ2n) is 23.3. The summed E-state index contributed by atoms with van der Waals surface area (Å²) in [5.41, 5.74) is 0. The fraction of sp³-hybridized carbons (Fsp3) is 0.718. The number of unbranched alkanes of at least 4 members (excludes halogenated alkanes) is 27. The summed E-state index contributed by atoms with van der Waals surface area (Å²) in [6.45, 7) is 6.91. The highest BCUT2D eigenvalue weighted by Crippen LogP contribution is 2.43. The third-order valence-electron chi connectivity index (χ3n) is 14.2. The lowest BCUT2D eigenvalue weighted by atomic mass is 10.0. The molecule has 0 fully saturated rings. The van der Waals surface area contributed by atoms with E-state index in [1.165, 1.54) is 148 Å². The summed E-state index contributed by atoms with van der Waals surface area (Å²) in [6, 6.07) is -0.879. The van der Waals surface area contributed by atoms with Crippen LogP contribution >= 0.6 is 7.82 Å². The van der Waals surface area contributed by atoms with Gasteiger partial charge in [0.25, 0.3) is 0 Å². The lowest BCUT2D eigenvalue weighted by Gasteiger charge is -2.27. The molecule has 0 saturated heterocycles. The lowest BCUT2D eigenvalue weighted by molar-refractivity contribution is -0.870. The van der Waals surface area contributed by atoms with Gasteiger partial charge in [-0.25, -0.2) is 4.57 Å². The molecule has 81 heavy (non-hydrogen) atoms. The van der Waals surface area contributed by atoms with Gasteiger partial charge in [0.15, 0.2) is 0 Å². The average molecular weight is 1150 g/mol. The van der Waals surface area contributed by atoms with Gasteiger partial charge in [0.1, 0.15) is 19.3 Å². The molecule has 0 saturated carbocycles. The quantitative estimate of drug-likeness (QED) is 0.0205. The molecule has 0 aromatic rings. The van der Waals surface area contributed by atoms with Crippen LogP contribution in [0.4, 0.5) is 0 Å². The molecule has 0 spiro atoms. The highest BCUT2D eigenvalue weighted by Gasteiger charge is 2.30. The van der Waals surface area contributed by atoms with Crippen LogP contribution in [0.15, 0.2) is 109 Å². The Bertz CT molecular complexity index is 1750. The fourth-order valence-corrected chi connectivity index (χ4v) is 9.77. The van der Waals surface area contributed by atoms with Gasteiger partial charge in [-0.1, -0.05) is 259 Å². The largest absolute Gasteiger partial charge is 0.472 e. The number of nitrogens with one attached hydrogen (secondary N) is 1. The van der Waals surface area contributed by atoms with Gasteiger partial charge >= 0.3 is 13.8 Å². The first-order valence-corrected chi connectivity index (χ1v) is 34.7. The zero-order valence-corrected chi connectivity index (χ0v) is 54.1. The van der Waals surface area contributed by atoms with Crippen LogP contribution in [-0.2, 0) is 27.9 Å². The molecule has 0 rings (SSSR count). The highest BCUT2D eigenvalue weighted by molar-refractivity contribution is 7.47. The number of esters is 1. The molecule has 0 aliphatic heterocycles. The number of allylic oxidation sites excluding steroid dienone is 17. The molecule has 0 bridgehead atoms. The van der Waals surface area contributed by atoms with Crippen LogP contribution in [0, 0.1) is 0 Å². The summed E-state index contributed by atoms with van der Waals surface area (Å²) < 4.78 is 30.7. The number of rotatable bonds is 59. The number of phosphoric ester groups is 1. The second-order valence-corrected chi connectivity index (χ2v) is 24.7. The number of carbonyl (C=O) groups excluding carboxylic acids is 2. The third-order valence-corrected chi connectivity index (χ3v) is 15.2. The molecule has 0 aromatic heterocycles. The minimum atomic E-state index is -4.47. The molecule has 0 heterocycles. The molecule has 3 unspecified atom stereocenters. The van der Waals surface area contributed by atoms with Gasteiger partial charge in [-0.2, -0.15) is 0 Å². The summed E-state index contributed by atoms with van der Waals surface area (Å²) in [5, 5.41) is 3.04.